The van der Waals surface area contributed by atoms with Crippen molar-refractivity contribution in [3.8, 4) is 11.4 Å². The number of halogens is 4. The van der Waals surface area contributed by atoms with E-state index >= 15 is 0 Å². The van der Waals surface area contributed by atoms with E-state index in [9.17, 15) is 22.4 Å². The van der Waals surface area contributed by atoms with E-state index in [2.05, 4.69) is 25.5 Å². The van der Waals surface area contributed by atoms with Crippen LogP contribution in [0.3, 0.4) is 0 Å². The lowest BCUT2D eigenvalue weighted by atomic mass is 9.96. The number of benzene rings is 1. The van der Waals surface area contributed by atoms with Crippen LogP contribution in [0.4, 0.5) is 22.7 Å². The van der Waals surface area contributed by atoms with Crippen LogP contribution < -0.4 is 5.32 Å². The highest BCUT2D eigenvalue weighted by molar-refractivity contribution is 7.15. The molecule has 1 N–H and O–H groups in total. The number of alkyl halides is 3. The molecule has 0 saturated carbocycles. The smallest absolute Gasteiger partial charge is 0.355 e. The summed E-state index contributed by atoms with van der Waals surface area (Å²) >= 11 is 0.434. The van der Waals surface area contributed by atoms with Crippen molar-refractivity contribution < 1.29 is 22.4 Å². The fraction of sp³-hybridized carbons (Fsp3) is 0.350. The van der Waals surface area contributed by atoms with Crippen molar-refractivity contribution in [3.63, 3.8) is 0 Å². The Morgan fingerprint density at radius 3 is 2.62 bits per heavy atom. The average Bonchev–Trinajstić information content (AvgIpc) is 3.48. The van der Waals surface area contributed by atoms with Gasteiger partial charge in [0.2, 0.25) is 10.1 Å². The predicted molar refractivity (Wildman–Crippen MR) is 107 cm³/mol. The maximum atomic E-state index is 14.7. The number of anilines is 1. The Balaban J connectivity index is 1.41. The molecule has 5 rings (SSSR count). The van der Waals surface area contributed by atoms with E-state index in [1.807, 2.05) is 0 Å². The molecular formula is C20H16F4N6OS. The van der Waals surface area contributed by atoms with Gasteiger partial charge in [-0.25, -0.2) is 14.4 Å². The molecule has 2 aliphatic rings. The van der Waals surface area contributed by atoms with Crippen LogP contribution in [0.25, 0.3) is 11.4 Å². The summed E-state index contributed by atoms with van der Waals surface area (Å²) in [7, 11) is 0. The van der Waals surface area contributed by atoms with E-state index in [-0.39, 0.29) is 46.1 Å². The molecule has 32 heavy (non-hydrogen) atoms. The molecule has 166 valence electrons. The van der Waals surface area contributed by atoms with E-state index in [4.69, 9.17) is 0 Å². The van der Waals surface area contributed by atoms with Crippen LogP contribution in [-0.4, -0.2) is 49.1 Å². The SMILES string of the molecule is O=C(c1cccc(F)c1-c1ncccn1)N1[C@@H]2CC[C@H]1[C@H](Nc1nnc(C(F)(F)F)s1)C2. The normalized spacial score (nSPS) is 22.4. The second kappa shape index (κ2) is 7.76. The molecule has 2 fully saturated rings. The molecule has 7 nitrogen and oxygen atoms in total. The number of hydrogen-bond acceptors (Lipinski definition) is 7. The Morgan fingerprint density at radius 1 is 1.12 bits per heavy atom. The third-order valence-electron chi connectivity index (χ3n) is 5.78. The van der Waals surface area contributed by atoms with Crippen LogP contribution in [0, 0.1) is 5.82 Å². The van der Waals surface area contributed by atoms with Crippen molar-refractivity contribution in [1.82, 2.24) is 25.1 Å². The first-order chi connectivity index (χ1) is 15.3. The van der Waals surface area contributed by atoms with Crippen molar-refractivity contribution >= 4 is 22.4 Å². The monoisotopic (exact) mass is 464 g/mol. The minimum Gasteiger partial charge on any atom is -0.355 e. The van der Waals surface area contributed by atoms with Crippen molar-refractivity contribution in [3.05, 3.63) is 53.0 Å². The fourth-order valence-electron chi connectivity index (χ4n) is 4.51. The van der Waals surface area contributed by atoms with Crippen molar-refractivity contribution in [2.75, 3.05) is 5.32 Å². The van der Waals surface area contributed by atoms with Crippen molar-refractivity contribution in [2.24, 2.45) is 0 Å². The molecule has 0 spiro atoms. The van der Waals surface area contributed by atoms with E-state index in [0.29, 0.717) is 24.2 Å². The molecule has 1 amide bonds. The lowest BCUT2D eigenvalue weighted by Gasteiger charge is -2.25. The second-order valence-corrected chi connectivity index (χ2v) is 8.62. The van der Waals surface area contributed by atoms with Crippen LogP contribution in [-0.2, 0) is 6.18 Å². The summed E-state index contributed by atoms with van der Waals surface area (Å²) in [6.07, 6.45) is 0.404. The lowest BCUT2D eigenvalue weighted by molar-refractivity contribution is -0.138. The quantitative estimate of drug-likeness (QED) is 0.588. The maximum absolute atomic E-state index is 14.7. The first-order valence-corrected chi connectivity index (χ1v) is 10.7. The Hall–Kier alpha value is -3.15. The van der Waals surface area contributed by atoms with Crippen molar-refractivity contribution in [2.45, 2.75) is 43.6 Å². The Labute approximate surface area is 183 Å². The molecule has 3 atom stereocenters. The summed E-state index contributed by atoms with van der Waals surface area (Å²) in [4.78, 5) is 23.4. The summed E-state index contributed by atoms with van der Waals surface area (Å²) in [5.41, 5.74) is 0.192. The number of carbonyl (C=O) groups is 1. The van der Waals surface area contributed by atoms with E-state index < -0.39 is 17.0 Å². The minimum atomic E-state index is -4.55. The third-order valence-corrected chi connectivity index (χ3v) is 6.68. The van der Waals surface area contributed by atoms with Gasteiger partial charge in [-0.2, -0.15) is 13.2 Å². The van der Waals surface area contributed by atoms with Gasteiger partial charge in [-0.1, -0.05) is 17.4 Å². The number of nitrogens with one attached hydrogen (secondary N) is 1. The minimum absolute atomic E-state index is 0.0350. The molecule has 4 heterocycles. The Bertz CT molecular complexity index is 1150. The zero-order valence-electron chi connectivity index (χ0n) is 16.4. The number of fused-ring (bicyclic) bond motifs is 2. The predicted octanol–water partition coefficient (Wildman–Crippen LogP) is 4.01. The van der Waals surface area contributed by atoms with E-state index in [1.165, 1.54) is 30.6 Å². The third kappa shape index (κ3) is 3.57. The lowest BCUT2D eigenvalue weighted by Crippen LogP contribution is -2.40. The first-order valence-electron chi connectivity index (χ1n) is 9.88. The highest BCUT2D eigenvalue weighted by Crippen LogP contribution is 2.42. The van der Waals surface area contributed by atoms with Crippen LogP contribution in [0.2, 0.25) is 0 Å². The summed E-state index contributed by atoms with van der Waals surface area (Å²) in [6, 6.07) is 5.22. The molecule has 2 aliphatic heterocycles. The first kappa shape index (κ1) is 20.7. The zero-order chi connectivity index (χ0) is 22.5. The molecular weight excluding hydrogens is 448 g/mol. The number of amides is 1. The van der Waals surface area contributed by atoms with Gasteiger partial charge >= 0.3 is 6.18 Å². The molecule has 3 aromatic rings. The summed E-state index contributed by atoms with van der Waals surface area (Å²) in [6.45, 7) is 0. The molecule has 2 bridgehead atoms. The molecule has 0 unspecified atom stereocenters. The second-order valence-electron chi connectivity index (χ2n) is 7.64. The topological polar surface area (TPSA) is 83.9 Å². The number of rotatable bonds is 4. The molecule has 2 aromatic heterocycles. The van der Waals surface area contributed by atoms with Crippen LogP contribution >= 0.6 is 11.3 Å². The molecule has 0 radical (unpaired) electrons. The average molecular weight is 464 g/mol. The molecule has 1 aromatic carbocycles. The van der Waals surface area contributed by atoms with Crippen molar-refractivity contribution in [1.29, 1.82) is 0 Å². The summed E-state index contributed by atoms with van der Waals surface area (Å²) < 4.78 is 53.1. The van der Waals surface area contributed by atoms with Crippen LogP contribution in [0.1, 0.15) is 34.6 Å². The van der Waals surface area contributed by atoms with E-state index in [0.717, 1.165) is 6.42 Å². The van der Waals surface area contributed by atoms with Gasteiger partial charge in [0.1, 0.15) is 5.82 Å². The molecule has 0 aliphatic carbocycles. The summed E-state index contributed by atoms with van der Waals surface area (Å²) in [5, 5.41) is 8.83. The fourth-order valence-corrected chi connectivity index (χ4v) is 5.18. The van der Waals surface area contributed by atoms with Gasteiger partial charge in [0.05, 0.1) is 23.2 Å². The molecule has 12 heteroatoms. The summed E-state index contributed by atoms with van der Waals surface area (Å²) in [5.74, 6) is -0.836. The Morgan fingerprint density at radius 2 is 1.91 bits per heavy atom. The molecule has 2 saturated heterocycles. The number of nitrogens with zero attached hydrogens (tertiary/aromatic N) is 5. The Kier molecular flexibility index (Phi) is 5.03. The van der Waals surface area contributed by atoms with Gasteiger partial charge in [-0.3, -0.25) is 4.79 Å². The number of aromatic nitrogens is 4. The van der Waals surface area contributed by atoms with Gasteiger partial charge in [0.25, 0.3) is 5.91 Å². The van der Waals surface area contributed by atoms with Gasteiger partial charge in [-0.15, -0.1) is 10.2 Å². The van der Waals surface area contributed by atoms with Gasteiger partial charge in [0, 0.05) is 18.4 Å². The maximum Gasteiger partial charge on any atom is 0.445 e. The highest BCUT2D eigenvalue weighted by atomic mass is 32.1. The largest absolute Gasteiger partial charge is 0.445 e. The van der Waals surface area contributed by atoms with E-state index in [1.54, 1.807) is 11.0 Å². The zero-order valence-corrected chi connectivity index (χ0v) is 17.2. The number of hydrogen-bond donors (Lipinski definition) is 1. The number of carbonyl (C=O) groups excluding carboxylic acids is 1. The van der Waals surface area contributed by atoms with Gasteiger partial charge in [-0.05, 0) is 37.5 Å². The van der Waals surface area contributed by atoms with Gasteiger partial charge < -0.3 is 10.2 Å². The standard InChI is InChI=1S/C20H16F4N6OS/c21-12-4-1-3-11(15(12)16-25-7-2-8-26-16)17(31)30-10-5-6-14(30)13(9-10)27-19-29-28-18(32-19)20(22,23)24/h1-4,7-8,10,13-14H,5-6,9H2,(H,27,29)/t10-,13-,14+/m1/s1. The van der Waals surface area contributed by atoms with Crippen LogP contribution in [0.15, 0.2) is 36.7 Å². The highest BCUT2D eigenvalue weighted by Gasteiger charge is 2.49. The van der Waals surface area contributed by atoms with Crippen LogP contribution in [0.5, 0.6) is 0 Å². The van der Waals surface area contributed by atoms with Gasteiger partial charge in [0.15, 0.2) is 5.82 Å².